The number of fused-ring (bicyclic) bond motifs is 3. The Morgan fingerprint density at radius 3 is 1.62 bits per heavy atom. The first kappa shape index (κ1) is 9.58. The zero-order chi connectivity index (χ0) is 11.1. The molecule has 0 aliphatic heterocycles. The standard InChI is InChI=1S/C14H12O2/c15-11-3-5-13-9(7-11)1-2-10-8-12(16)4-6-14(10)13/h1-8,11-12,15-16H. The molecule has 3 rings (SSSR count). The van der Waals surface area contributed by atoms with E-state index in [4.69, 9.17) is 0 Å². The van der Waals surface area contributed by atoms with E-state index in [1.807, 2.05) is 36.4 Å². The Morgan fingerprint density at radius 1 is 0.750 bits per heavy atom. The van der Waals surface area contributed by atoms with Crippen molar-refractivity contribution >= 4 is 24.3 Å². The lowest BCUT2D eigenvalue weighted by molar-refractivity contribution is 0.285. The molecule has 2 atom stereocenters. The largest absolute Gasteiger partial charge is 0.385 e. The first-order valence-electron chi connectivity index (χ1n) is 5.33. The first-order valence-corrected chi connectivity index (χ1v) is 5.33. The average molecular weight is 212 g/mol. The molecule has 2 aliphatic rings. The van der Waals surface area contributed by atoms with Gasteiger partial charge >= 0.3 is 0 Å². The molecule has 0 bridgehead atoms. The van der Waals surface area contributed by atoms with E-state index < -0.39 is 12.2 Å². The van der Waals surface area contributed by atoms with Crippen molar-refractivity contribution in [3.63, 3.8) is 0 Å². The van der Waals surface area contributed by atoms with Crippen LogP contribution < -0.4 is 10.4 Å². The van der Waals surface area contributed by atoms with Crippen molar-refractivity contribution in [2.24, 2.45) is 0 Å². The van der Waals surface area contributed by atoms with Gasteiger partial charge in [-0.25, -0.2) is 0 Å². The van der Waals surface area contributed by atoms with Crippen LogP contribution in [0.15, 0.2) is 24.3 Å². The quantitative estimate of drug-likeness (QED) is 0.636. The van der Waals surface area contributed by atoms with Gasteiger partial charge in [0.25, 0.3) is 0 Å². The second-order valence-corrected chi connectivity index (χ2v) is 4.10. The Hall–Kier alpha value is -1.64. The zero-order valence-electron chi connectivity index (χ0n) is 8.67. The molecule has 0 fully saturated rings. The normalized spacial score (nSPS) is 25.4. The van der Waals surface area contributed by atoms with Crippen LogP contribution in [0.1, 0.15) is 11.1 Å². The van der Waals surface area contributed by atoms with E-state index in [0.29, 0.717) is 0 Å². The van der Waals surface area contributed by atoms with Gasteiger partial charge in [0.15, 0.2) is 0 Å². The maximum absolute atomic E-state index is 9.49. The molecular formula is C14H12O2. The number of hydrogen-bond donors (Lipinski definition) is 2. The van der Waals surface area contributed by atoms with Crippen molar-refractivity contribution in [1.82, 2.24) is 0 Å². The lowest BCUT2D eigenvalue weighted by Crippen LogP contribution is -2.24. The first-order chi connectivity index (χ1) is 7.74. The lowest BCUT2D eigenvalue weighted by Gasteiger charge is -2.14. The molecule has 80 valence electrons. The number of hydrogen-bond acceptors (Lipinski definition) is 2. The van der Waals surface area contributed by atoms with Crippen LogP contribution in [0, 0.1) is 0 Å². The fraction of sp³-hybridized carbons (Fsp3) is 0.143. The van der Waals surface area contributed by atoms with Crippen molar-refractivity contribution < 1.29 is 10.2 Å². The van der Waals surface area contributed by atoms with Gasteiger partial charge in [-0.1, -0.05) is 36.4 Å². The summed E-state index contributed by atoms with van der Waals surface area (Å²) < 4.78 is 0. The van der Waals surface area contributed by atoms with E-state index in [9.17, 15) is 10.2 Å². The molecule has 2 N–H and O–H groups in total. The highest BCUT2D eigenvalue weighted by Crippen LogP contribution is 2.12. The van der Waals surface area contributed by atoms with E-state index in [1.165, 1.54) is 0 Å². The highest BCUT2D eigenvalue weighted by atomic mass is 16.3. The van der Waals surface area contributed by atoms with Crippen LogP contribution in [0.3, 0.4) is 0 Å². The number of rotatable bonds is 0. The van der Waals surface area contributed by atoms with Gasteiger partial charge in [-0.05, 0) is 33.7 Å². The van der Waals surface area contributed by atoms with E-state index in [1.54, 1.807) is 12.2 Å². The fourth-order valence-electron chi connectivity index (χ4n) is 2.20. The SMILES string of the molecule is OC1C=Cc2c3c(ccc2=C1)=CC(O)C=C3. The summed E-state index contributed by atoms with van der Waals surface area (Å²) in [5.41, 5.74) is 2.23. The van der Waals surface area contributed by atoms with Gasteiger partial charge in [-0.3, -0.25) is 0 Å². The summed E-state index contributed by atoms with van der Waals surface area (Å²) in [6, 6.07) is 3.95. The molecule has 0 radical (unpaired) electrons. The predicted molar refractivity (Wildman–Crippen MR) is 64.7 cm³/mol. The van der Waals surface area contributed by atoms with Gasteiger partial charge in [-0.2, -0.15) is 0 Å². The Labute approximate surface area is 93.2 Å². The average Bonchev–Trinajstić information content (AvgIpc) is 2.28. The smallest absolute Gasteiger partial charge is 0.0914 e. The highest BCUT2D eigenvalue weighted by molar-refractivity contribution is 5.73. The van der Waals surface area contributed by atoms with E-state index in [-0.39, 0.29) is 0 Å². The van der Waals surface area contributed by atoms with Crippen LogP contribution >= 0.6 is 0 Å². The van der Waals surface area contributed by atoms with Crippen molar-refractivity contribution in [2.45, 2.75) is 12.2 Å². The maximum atomic E-state index is 9.49. The van der Waals surface area contributed by atoms with Crippen LogP contribution in [0.4, 0.5) is 0 Å². The molecule has 0 amide bonds. The van der Waals surface area contributed by atoms with Gasteiger partial charge in [-0.15, -0.1) is 0 Å². The lowest BCUT2D eigenvalue weighted by atomic mass is 9.94. The van der Waals surface area contributed by atoms with E-state index in [2.05, 4.69) is 0 Å². The van der Waals surface area contributed by atoms with Crippen molar-refractivity contribution in [3.8, 4) is 0 Å². The molecule has 0 saturated heterocycles. The molecule has 1 aromatic rings. The summed E-state index contributed by atoms with van der Waals surface area (Å²) in [6.45, 7) is 0. The number of benzene rings is 1. The summed E-state index contributed by atoms with van der Waals surface area (Å²) >= 11 is 0. The molecule has 0 spiro atoms. The molecular weight excluding hydrogens is 200 g/mol. The summed E-state index contributed by atoms with van der Waals surface area (Å²) in [7, 11) is 0. The minimum Gasteiger partial charge on any atom is -0.385 e. The molecule has 16 heavy (non-hydrogen) atoms. The predicted octanol–water partition coefficient (Wildman–Crippen LogP) is 0.0230. The van der Waals surface area contributed by atoms with Gasteiger partial charge in [0.05, 0.1) is 12.2 Å². The van der Waals surface area contributed by atoms with Crippen LogP contribution in [0.25, 0.3) is 24.3 Å². The third kappa shape index (κ3) is 1.43. The Balaban J connectivity index is 2.34. The second-order valence-electron chi connectivity index (χ2n) is 4.10. The summed E-state index contributed by atoms with van der Waals surface area (Å²) in [5.74, 6) is 0. The summed E-state index contributed by atoms with van der Waals surface area (Å²) in [5, 5.41) is 21.1. The zero-order valence-corrected chi connectivity index (χ0v) is 8.67. The van der Waals surface area contributed by atoms with Crippen molar-refractivity contribution in [2.75, 3.05) is 0 Å². The molecule has 2 unspecified atom stereocenters. The van der Waals surface area contributed by atoms with Crippen molar-refractivity contribution in [3.05, 3.63) is 45.8 Å². The Morgan fingerprint density at radius 2 is 1.19 bits per heavy atom. The van der Waals surface area contributed by atoms with Crippen LogP contribution in [0.2, 0.25) is 0 Å². The van der Waals surface area contributed by atoms with E-state index in [0.717, 1.165) is 21.6 Å². The molecule has 2 heteroatoms. The third-order valence-electron chi connectivity index (χ3n) is 2.98. The molecule has 0 heterocycles. The monoisotopic (exact) mass is 212 g/mol. The Bertz CT molecular complexity index is 553. The second kappa shape index (κ2) is 3.44. The summed E-state index contributed by atoms with van der Waals surface area (Å²) in [4.78, 5) is 0. The molecule has 0 aromatic heterocycles. The Kier molecular flexibility index (Phi) is 2.06. The van der Waals surface area contributed by atoms with Gasteiger partial charge in [0.2, 0.25) is 0 Å². The molecule has 1 aromatic carbocycles. The highest BCUT2D eigenvalue weighted by Gasteiger charge is 2.10. The number of aliphatic hydroxyl groups is 2. The van der Waals surface area contributed by atoms with Gasteiger partial charge in [0, 0.05) is 0 Å². The molecule has 0 saturated carbocycles. The molecule has 2 nitrogen and oxygen atoms in total. The minimum atomic E-state index is -0.493. The maximum Gasteiger partial charge on any atom is 0.0914 e. The van der Waals surface area contributed by atoms with Crippen LogP contribution in [0.5, 0.6) is 0 Å². The molecule has 2 aliphatic carbocycles. The topological polar surface area (TPSA) is 40.5 Å². The van der Waals surface area contributed by atoms with E-state index >= 15 is 0 Å². The minimum absolute atomic E-state index is 0.493. The van der Waals surface area contributed by atoms with Crippen LogP contribution in [-0.2, 0) is 0 Å². The third-order valence-corrected chi connectivity index (χ3v) is 2.98. The van der Waals surface area contributed by atoms with Gasteiger partial charge < -0.3 is 10.2 Å². The van der Waals surface area contributed by atoms with Gasteiger partial charge in [0.1, 0.15) is 0 Å². The fourth-order valence-corrected chi connectivity index (χ4v) is 2.20. The van der Waals surface area contributed by atoms with Crippen molar-refractivity contribution in [1.29, 1.82) is 0 Å². The number of aliphatic hydroxyl groups excluding tert-OH is 2. The van der Waals surface area contributed by atoms with Crippen LogP contribution in [-0.4, -0.2) is 22.4 Å². The summed E-state index contributed by atoms with van der Waals surface area (Å²) in [6.07, 6.45) is 10.1.